The first-order valence-electron chi connectivity index (χ1n) is 9.58. The number of rotatable bonds is 7. The highest BCUT2D eigenvalue weighted by atomic mass is 35.5. The van der Waals surface area contributed by atoms with Gasteiger partial charge in [-0.3, -0.25) is 9.59 Å². The summed E-state index contributed by atoms with van der Waals surface area (Å²) in [5, 5.41) is 3.49. The third-order valence-electron chi connectivity index (χ3n) is 4.48. The predicted molar refractivity (Wildman–Crippen MR) is 116 cm³/mol. The second-order valence-electron chi connectivity index (χ2n) is 8.05. The Morgan fingerprint density at radius 1 is 1.10 bits per heavy atom. The standard InChI is InChI=1S/C23H29ClN2O3/c1-16(22(28)25-23(2,3)4)26(15-17-10-12-19(29-5)13-11-17)21(27)14-18-8-6-7-9-20(18)24/h6-13,16H,14-15H2,1-5H3,(H,25,28)/t16-/m1/s1. The van der Waals surface area contributed by atoms with Crippen molar-refractivity contribution in [3.63, 3.8) is 0 Å². The maximum absolute atomic E-state index is 13.2. The van der Waals surface area contributed by atoms with Crippen molar-refractivity contribution in [2.45, 2.75) is 52.2 Å². The van der Waals surface area contributed by atoms with E-state index in [2.05, 4.69) is 5.32 Å². The number of nitrogens with one attached hydrogen (secondary N) is 1. The van der Waals surface area contributed by atoms with E-state index >= 15 is 0 Å². The highest BCUT2D eigenvalue weighted by molar-refractivity contribution is 6.31. The van der Waals surface area contributed by atoms with Crippen LogP contribution in [0.15, 0.2) is 48.5 Å². The molecular weight excluding hydrogens is 388 g/mol. The van der Waals surface area contributed by atoms with Gasteiger partial charge in [0.2, 0.25) is 11.8 Å². The molecule has 5 nitrogen and oxygen atoms in total. The molecule has 0 radical (unpaired) electrons. The van der Waals surface area contributed by atoms with Crippen molar-refractivity contribution in [2.24, 2.45) is 0 Å². The Bertz CT molecular complexity index is 844. The highest BCUT2D eigenvalue weighted by Crippen LogP contribution is 2.19. The molecule has 0 saturated heterocycles. The first-order valence-corrected chi connectivity index (χ1v) is 9.96. The van der Waals surface area contributed by atoms with Crippen LogP contribution in [0.4, 0.5) is 0 Å². The highest BCUT2D eigenvalue weighted by Gasteiger charge is 2.28. The van der Waals surface area contributed by atoms with Gasteiger partial charge < -0.3 is 15.0 Å². The van der Waals surface area contributed by atoms with Crippen LogP contribution >= 0.6 is 11.6 Å². The molecule has 0 bridgehead atoms. The maximum Gasteiger partial charge on any atom is 0.242 e. The van der Waals surface area contributed by atoms with Crippen molar-refractivity contribution < 1.29 is 14.3 Å². The molecule has 0 aliphatic heterocycles. The number of nitrogens with zero attached hydrogens (tertiary/aromatic N) is 1. The molecule has 0 aliphatic rings. The lowest BCUT2D eigenvalue weighted by molar-refractivity contribution is -0.140. The molecule has 0 fully saturated rings. The molecule has 2 rings (SSSR count). The van der Waals surface area contributed by atoms with Gasteiger partial charge in [-0.05, 0) is 57.0 Å². The summed E-state index contributed by atoms with van der Waals surface area (Å²) in [5.74, 6) is 0.380. The molecule has 2 amide bonds. The zero-order chi connectivity index (χ0) is 21.6. The van der Waals surface area contributed by atoms with Crippen LogP contribution in [0.3, 0.4) is 0 Å². The van der Waals surface area contributed by atoms with Crippen LogP contribution in [0.2, 0.25) is 5.02 Å². The molecular formula is C23H29ClN2O3. The van der Waals surface area contributed by atoms with Crippen LogP contribution in [-0.2, 0) is 22.6 Å². The van der Waals surface area contributed by atoms with E-state index in [1.807, 2.05) is 63.2 Å². The molecule has 2 aromatic rings. The molecule has 2 aromatic carbocycles. The number of methoxy groups -OCH3 is 1. The van der Waals surface area contributed by atoms with E-state index in [9.17, 15) is 9.59 Å². The van der Waals surface area contributed by atoms with Crippen molar-refractivity contribution in [3.05, 3.63) is 64.7 Å². The van der Waals surface area contributed by atoms with Gasteiger partial charge >= 0.3 is 0 Å². The van der Waals surface area contributed by atoms with Crippen molar-refractivity contribution in [1.29, 1.82) is 0 Å². The second-order valence-corrected chi connectivity index (χ2v) is 8.46. The SMILES string of the molecule is COc1ccc(CN(C(=O)Cc2ccccc2Cl)[C@H](C)C(=O)NC(C)(C)C)cc1. The molecule has 0 spiro atoms. The monoisotopic (exact) mass is 416 g/mol. The Kier molecular flexibility index (Phi) is 7.68. The Labute approximate surface area is 178 Å². The number of halogens is 1. The van der Waals surface area contributed by atoms with E-state index < -0.39 is 6.04 Å². The normalized spacial score (nSPS) is 12.2. The fourth-order valence-corrected chi connectivity index (χ4v) is 3.09. The number of benzene rings is 2. The van der Waals surface area contributed by atoms with E-state index in [4.69, 9.17) is 16.3 Å². The smallest absolute Gasteiger partial charge is 0.242 e. The first-order chi connectivity index (χ1) is 13.6. The van der Waals surface area contributed by atoms with Gasteiger partial charge in [-0.1, -0.05) is 41.9 Å². The zero-order valence-corrected chi connectivity index (χ0v) is 18.4. The number of carbonyl (C=O) groups excluding carboxylic acids is 2. The summed E-state index contributed by atoms with van der Waals surface area (Å²) in [6, 6.07) is 14.1. The average Bonchev–Trinajstić information content (AvgIpc) is 2.66. The van der Waals surface area contributed by atoms with Gasteiger partial charge in [-0.15, -0.1) is 0 Å². The van der Waals surface area contributed by atoms with E-state index in [0.29, 0.717) is 11.6 Å². The van der Waals surface area contributed by atoms with Crippen LogP contribution in [-0.4, -0.2) is 35.4 Å². The van der Waals surface area contributed by atoms with Crippen LogP contribution in [0.1, 0.15) is 38.8 Å². The average molecular weight is 417 g/mol. The number of ether oxygens (including phenoxy) is 1. The van der Waals surface area contributed by atoms with E-state index in [0.717, 1.165) is 16.9 Å². The van der Waals surface area contributed by atoms with Gasteiger partial charge in [0.15, 0.2) is 0 Å². The minimum atomic E-state index is -0.633. The molecule has 1 atom stereocenters. The van der Waals surface area contributed by atoms with E-state index in [-0.39, 0.29) is 23.8 Å². The fraction of sp³-hybridized carbons (Fsp3) is 0.391. The Hall–Kier alpha value is -2.53. The summed E-state index contributed by atoms with van der Waals surface area (Å²) in [7, 11) is 1.60. The number of carbonyl (C=O) groups is 2. The lowest BCUT2D eigenvalue weighted by atomic mass is 10.1. The largest absolute Gasteiger partial charge is 0.497 e. The van der Waals surface area contributed by atoms with Crippen LogP contribution in [0, 0.1) is 0 Å². The van der Waals surface area contributed by atoms with Gasteiger partial charge in [-0.2, -0.15) is 0 Å². The van der Waals surface area contributed by atoms with Crippen LogP contribution in [0.25, 0.3) is 0 Å². The van der Waals surface area contributed by atoms with Crippen molar-refractivity contribution in [2.75, 3.05) is 7.11 Å². The predicted octanol–water partition coefficient (Wildman–Crippen LogP) is 4.22. The molecule has 29 heavy (non-hydrogen) atoms. The van der Waals surface area contributed by atoms with Gasteiger partial charge in [0.25, 0.3) is 0 Å². The van der Waals surface area contributed by atoms with Crippen LogP contribution < -0.4 is 10.1 Å². The lowest BCUT2D eigenvalue weighted by Crippen LogP contribution is -2.52. The summed E-state index contributed by atoms with van der Waals surface area (Å²) in [4.78, 5) is 27.5. The number of hydrogen-bond acceptors (Lipinski definition) is 3. The maximum atomic E-state index is 13.2. The minimum Gasteiger partial charge on any atom is -0.497 e. The molecule has 6 heteroatoms. The van der Waals surface area contributed by atoms with E-state index in [1.54, 1.807) is 25.0 Å². The molecule has 0 saturated carbocycles. The summed E-state index contributed by atoms with van der Waals surface area (Å²) in [6.45, 7) is 7.80. The van der Waals surface area contributed by atoms with Gasteiger partial charge in [0, 0.05) is 17.1 Å². The zero-order valence-electron chi connectivity index (χ0n) is 17.7. The summed E-state index contributed by atoms with van der Waals surface area (Å²) in [6.07, 6.45) is 0.128. The number of amides is 2. The summed E-state index contributed by atoms with van der Waals surface area (Å²) >= 11 is 6.23. The summed E-state index contributed by atoms with van der Waals surface area (Å²) in [5.41, 5.74) is 1.26. The Morgan fingerprint density at radius 2 is 1.72 bits per heavy atom. The molecule has 1 N–H and O–H groups in total. The molecule has 0 aromatic heterocycles. The Balaban J connectivity index is 2.26. The van der Waals surface area contributed by atoms with E-state index in [1.165, 1.54) is 0 Å². The second kappa shape index (κ2) is 9.79. The third-order valence-corrected chi connectivity index (χ3v) is 4.85. The molecule has 0 heterocycles. The lowest BCUT2D eigenvalue weighted by Gasteiger charge is -2.31. The van der Waals surface area contributed by atoms with Crippen LogP contribution in [0.5, 0.6) is 5.75 Å². The van der Waals surface area contributed by atoms with Crippen molar-refractivity contribution >= 4 is 23.4 Å². The summed E-state index contributed by atoms with van der Waals surface area (Å²) < 4.78 is 5.19. The van der Waals surface area contributed by atoms with Gasteiger partial charge in [-0.25, -0.2) is 0 Å². The quantitative estimate of drug-likeness (QED) is 0.735. The Morgan fingerprint density at radius 3 is 2.28 bits per heavy atom. The van der Waals surface area contributed by atoms with Crippen molar-refractivity contribution in [3.8, 4) is 5.75 Å². The minimum absolute atomic E-state index is 0.128. The molecule has 0 unspecified atom stereocenters. The fourth-order valence-electron chi connectivity index (χ4n) is 2.89. The topological polar surface area (TPSA) is 58.6 Å². The first kappa shape index (κ1) is 22.8. The van der Waals surface area contributed by atoms with Gasteiger partial charge in [0.05, 0.1) is 13.5 Å². The molecule has 0 aliphatic carbocycles. The van der Waals surface area contributed by atoms with Crippen molar-refractivity contribution in [1.82, 2.24) is 10.2 Å². The molecule has 156 valence electrons. The third kappa shape index (κ3) is 6.79. The van der Waals surface area contributed by atoms with Gasteiger partial charge in [0.1, 0.15) is 11.8 Å². The number of hydrogen-bond donors (Lipinski definition) is 1.